The molecule has 8 heteroatoms. The molecule has 1 N–H and O–H groups in total. The maximum Gasteiger partial charge on any atom is 0.325 e. The number of aromatic nitrogens is 1. The molecule has 31 heavy (non-hydrogen) atoms. The molecule has 1 fully saturated rings. The van der Waals surface area contributed by atoms with Crippen molar-refractivity contribution < 1.29 is 19.1 Å². The van der Waals surface area contributed by atoms with Gasteiger partial charge in [0.15, 0.2) is 11.5 Å². The number of carbonyl (C=O) groups is 2. The molecule has 0 radical (unpaired) electrons. The Morgan fingerprint density at radius 2 is 1.94 bits per heavy atom. The van der Waals surface area contributed by atoms with E-state index in [0.29, 0.717) is 23.6 Å². The van der Waals surface area contributed by atoms with Gasteiger partial charge in [-0.3, -0.25) is 9.69 Å². The van der Waals surface area contributed by atoms with Crippen molar-refractivity contribution in [3.63, 3.8) is 0 Å². The van der Waals surface area contributed by atoms with E-state index in [-0.39, 0.29) is 18.5 Å². The number of imide groups is 1. The zero-order valence-electron chi connectivity index (χ0n) is 17.2. The van der Waals surface area contributed by atoms with Crippen LogP contribution < -0.4 is 14.8 Å². The van der Waals surface area contributed by atoms with Gasteiger partial charge in [0, 0.05) is 10.9 Å². The molecule has 158 valence electrons. The Hall–Kier alpha value is -3.39. The van der Waals surface area contributed by atoms with Crippen LogP contribution in [-0.4, -0.2) is 36.0 Å². The van der Waals surface area contributed by atoms with Crippen molar-refractivity contribution in [2.24, 2.45) is 0 Å². The standard InChI is InChI=1S/C23H21N3O4S/c1-29-18-8-7-15(11-19(18)30-2)20-24-16(13-31-20)12-26-21(27)23(25-22(26)28)10-9-14-5-3-4-6-17(14)23/h3-8,11,13H,9-10,12H2,1-2H3,(H,25,28). The van der Waals surface area contributed by atoms with E-state index in [4.69, 9.17) is 9.47 Å². The van der Waals surface area contributed by atoms with Gasteiger partial charge in [-0.25, -0.2) is 9.78 Å². The number of fused-ring (bicyclic) bond motifs is 2. The molecule has 3 amide bonds. The Labute approximate surface area is 183 Å². The van der Waals surface area contributed by atoms with Crippen LogP contribution in [-0.2, 0) is 23.3 Å². The SMILES string of the molecule is COc1ccc(-c2nc(CN3C(=O)NC4(CCc5ccccc54)C3=O)cs2)cc1OC. The lowest BCUT2D eigenvalue weighted by Gasteiger charge is -2.22. The zero-order chi connectivity index (χ0) is 21.6. The van der Waals surface area contributed by atoms with Crippen molar-refractivity contribution >= 4 is 23.3 Å². The number of rotatable bonds is 5. The number of urea groups is 1. The van der Waals surface area contributed by atoms with Gasteiger partial charge >= 0.3 is 6.03 Å². The lowest BCUT2D eigenvalue weighted by molar-refractivity contribution is -0.132. The van der Waals surface area contributed by atoms with Crippen LogP contribution in [0.5, 0.6) is 11.5 Å². The van der Waals surface area contributed by atoms with Crippen molar-refractivity contribution in [1.29, 1.82) is 0 Å². The fourth-order valence-corrected chi connectivity index (χ4v) is 5.18. The lowest BCUT2D eigenvalue weighted by atomic mass is 9.92. The third-order valence-electron chi connectivity index (χ3n) is 5.92. The molecule has 1 aliphatic carbocycles. The highest BCUT2D eigenvalue weighted by Gasteiger charge is 2.55. The maximum absolute atomic E-state index is 13.3. The van der Waals surface area contributed by atoms with E-state index >= 15 is 0 Å². The lowest BCUT2D eigenvalue weighted by Crippen LogP contribution is -2.41. The summed E-state index contributed by atoms with van der Waals surface area (Å²) >= 11 is 1.46. The van der Waals surface area contributed by atoms with Crippen LogP contribution >= 0.6 is 11.3 Å². The first kappa shape index (κ1) is 19.6. The van der Waals surface area contributed by atoms with E-state index in [1.807, 2.05) is 47.8 Å². The summed E-state index contributed by atoms with van der Waals surface area (Å²) < 4.78 is 10.7. The minimum absolute atomic E-state index is 0.137. The maximum atomic E-state index is 13.3. The summed E-state index contributed by atoms with van der Waals surface area (Å²) in [5, 5.41) is 5.61. The summed E-state index contributed by atoms with van der Waals surface area (Å²) in [5.41, 5.74) is 2.62. The van der Waals surface area contributed by atoms with Crippen LogP contribution in [0.25, 0.3) is 10.6 Å². The number of carbonyl (C=O) groups excluding carboxylic acids is 2. The summed E-state index contributed by atoms with van der Waals surface area (Å²) in [4.78, 5) is 32.0. The Morgan fingerprint density at radius 3 is 2.74 bits per heavy atom. The third-order valence-corrected chi connectivity index (χ3v) is 6.86. The van der Waals surface area contributed by atoms with Crippen molar-refractivity contribution in [2.75, 3.05) is 14.2 Å². The Kier molecular flexibility index (Phi) is 4.66. The number of benzene rings is 2. The summed E-state index contributed by atoms with van der Waals surface area (Å²) in [7, 11) is 3.18. The van der Waals surface area contributed by atoms with Crippen molar-refractivity contribution in [3.05, 3.63) is 64.7 Å². The van der Waals surface area contributed by atoms with Crippen LogP contribution in [0, 0.1) is 0 Å². The number of amides is 3. The van der Waals surface area contributed by atoms with Crippen molar-refractivity contribution in [3.8, 4) is 22.1 Å². The summed E-state index contributed by atoms with van der Waals surface area (Å²) in [6, 6.07) is 13.0. The first-order valence-corrected chi connectivity index (χ1v) is 10.8. The van der Waals surface area contributed by atoms with Crippen LogP contribution in [0.15, 0.2) is 47.8 Å². The molecule has 0 saturated carbocycles. The quantitative estimate of drug-likeness (QED) is 0.618. The fraction of sp³-hybridized carbons (Fsp3) is 0.261. The molecule has 3 aromatic rings. The van der Waals surface area contributed by atoms with Gasteiger partial charge in [-0.05, 0) is 42.2 Å². The summed E-state index contributed by atoms with van der Waals surface area (Å²) in [5.74, 6) is 1.06. The molecule has 1 aliphatic heterocycles. The number of hydrogen-bond donors (Lipinski definition) is 1. The smallest absolute Gasteiger partial charge is 0.325 e. The molecule has 7 nitrogen and oxygen atoms in total. The molecular weight excluding hydrogens is 414 g/mol. The molecule has 1 spiro atoms. The molecular formula is C23H21N3O4S. The van der Waals surface area contributed by atoms with Gasteiger partial charge in [0.25, 0.3) is 5.91 Å². The van der Waals surface area contributed by atoms with Crippen molar-refractivity contribution in [1.82, 2.24) is 15.2 Å². The summed E-state index contributed by atoms with van der Waals surface area (Å²) in [6.45, 7) is 0.137. The van der Waals surface area contributed by atoms with Gasteiger partial charge in [0.2, 0.25) is 0 Å². The Bertz CT molecular complexity index is 1190. The normalized spacial score (nSPS) is 19.6. The highest BCUT2D eigenvalue weighted by atomic mass is 32.1. The van der Waals surface area contributed by atoms with Gasteiger partial charge in [-0.2, -0.15) is 0 Å². The van der Waals surface area contributed by atoms with Crippen LogP contribution in [0.3, 0.4) is 0 Å². The van der Waals surface area contributed by atoms with E-state index < -0.39 is 5.54 Å². The average molecular weight is 436 g/mol. The number of hydrogen-bond acceptors (Lipinski definition) is 6. The second kappa shape index (κ2) is 7.39. The predicted octanol–water partition coefficient (Wildman–Crippen LogP) is 3.72. The Balaban J connectivity index is 1.39. The number of aryl methyl sites for hydroxylation is 1. The monoisotopic (exact) mass is 435 g/mol. The molecule has 5 rings (SSSR count). The van der Waals surface area contributed by atoms with E-state index in [0.717, 1.165) is 28.1 Å². The molecule has 1 aromatic heterocycles. The third kappa shape index (κ3) is 3.06. The number of nitrogens with one attached hydrogen (secondary N) is 1. The van der Waals surface area contributed by atoms with E-state index in [9.17, 15) is 9.59 Å². The average Bonchev–Trinajstić information content (AvgIpc) is 3.48. The molecule has 0 bridgehead atoms. The second-order valence-corrected chi connectivity index (χ2v) is 8.46. The molecule has 2 aromatic carbocycles. The van der Waals surface area contributed by atoms with E-state index in [1.54, 1.807) is 14.2 Å². The predicted molar refractivity (Wildman–Crippen MR) is 116 cm³/mol. The molecule has 1 atom stereocenters. The number of nitrogens with zero attached hydrogens (tertiary/aromatic N) is 2. The molecule has 2 aliphatic rings. The summed E-state index contributed by atoms with van der Waals surface area (Å²) in [6.07, 6.45) is 1.36. The number of methoxy groups -OCH3 is 2. The number of ether oxygens (including phenoxy) is 2. The second-order valence-electron chi connectivity index (χ2n) is 7.60. The highest BCUT2D eigenvalue weighted by molar-refractivity contribution is 7.13. The van der Waals surface area contributed by atoms with Crippen molar-refractivity contribution in [2.45, 2.75) is 24.9 Å². The number of thiazole rings is 1. The van der Waals surface area contributed by atoms with Gasteiger partial charge in [-0.1, -0.05) is 24.3 Å². The van der Waals surface area contributed by atoms with E-state index in [1.165, 1.54) is 16.2 Å². The Morgan fingerprint density at radius 1 is 1.13 bits per heavy atom. The van der Waals surface area contributed by atoms with Gasteiger partial charge < -0.3 is 14.8 Å². The zero-order valence-corrected chi connectivity index (χ0v) is 18.0. The minimum atomic E-state index is -0.949. The van der Waals surface area contributed by atoms with Crippen LogP contribution in [0.1, 0.15) is 23.2 Å². The first-order valence-electron chi connectivity index (χ1n) is 9.95. The van der Waals surface area contributed by atoms with Gasteiger partial charge in [0.05, 0.1) is 26.5 Å². The molecule has 1 saturated heterocycles. The topological polar surface area (TPSA) is 80.8 Å². The van der Waals surface area contributed by atoms with Crippen LogP contribution in [0.2, 0.25) is 0 Å². The van der Waals surface area contributed by atoms with Gasteiger partial charge in [-0.15, -0.1) is 11.3 Å². The van der Waals surface area contributed by atoms with Crippen LogP contribution in [0.4, 0.5) is 4.79 Å². The fourth-order valence-electron chi connectivity index (χ4n) is 4.38. The van der Waals surface area contributed by atoms with E-state index in [2.05, 4.69) is 10.3 Å². The first-order chi connectivity index (χ1) is 15.1. The highest BCUT2D eigenvalue weighted by Crippen LogP contribution is 2.42. The van der Waals surface area contributed by atoms with Gasteiger partial charge in [0.1, 0.15) is 10.5 Å². The molecule has 2 heterocycles. The largest absolute Gasteiger partial charge is 0.493 e. The minimum Gasteiger partial charge on any atom is -0.493 e. The molecule has 1 unspecified atom stereocenters.